The molecule has 5 heteroatoms. The molecule has 0 heterocycles. The Morgan fingerprint density at radius 1 is 1.33 bits per heavy atom. The maximum Gasteiger partial charge on any atom is 0.412 e. The number of methoxy groups -OCH3 is 1. The molecule has 0 spiro atoms. The molecule has 0 aliphatic rings. The second-order valence-electron chi connectivity index (χ2n) is 2.68. The Morgan fingerprint density at radius 2 is 1.93 bits per heavy atom. The van der Waals surface area contributed by atoms with Crippen molar-refractivity contribution in [1.82, 2.24) is 5.32 Å². The van der Waals surface area contributed by atoms with Gasteiger partial charge in [-0.25, -0.2) is 4.79 Å². The Morgan fingerprint density at radius 3 is 2.47 bits per heavy atom. The van der Waals surface area contributed by atoms with E-state index in [1.165, 1.54) is 0 Å². The van der Waals surface area contributed by atoms with E-state index in [1.54, 1.807) is 31.4 Å². The molecule has 0 aliphatic heterocycles. The van der Waals surface area contributed by atoms with Gasteiger partial charge in [-0.05, 0) is 24.3 Å². The standard InChI is InChI=1S/C10H12ClNO3/c1-14-8-2-4-9(5-3-8)15-10(13)12-7-6-11/h2-5H,6-7H2,1H3,(H,12,13). The lowest BCUT2D eigenvalue weighted by molar-refractivity contribution is 0.201. The normalized spacial score (nSPS) is 9.47. The summed E-state index contributed by atoms with van der Waals surface area (Å²) in [6, 6.07) is 6.73. The number of carbonyl (C=O) groups excluding carboxylic acids is 1. The molecule has 0 saturated carbocycles. The molecule has 0 aromatic heterocycles. The van der Waals surface area contributed by atoms with Gasteiger partial charge in [-0.2, -0.15) is 0 Å². The average molecular weight is 230 g/mol. The summed E-state index contributed by atoms with van der Waals surface area (Å²) in [5.41, 5.74) is 0. The summed E-state index contributed by atoms with van der Waals surface area (Å²) in [7, 11) is 1.57. The molecule has 0 radical (unpaired) electrons. The maximum atomic E-state index is 11.1. The summed E-state index contributed by atoms with van der Waals surface area (Å²) in [6.07, 6.45) is -0.513. The molecule has 1 aromatic carbocycles. The number of alkyl halides is 1. The smallest absolute Gasteiger partial charge is 0.412 e. The van der Waals surface area contributed by atoms with Gasteiger partial charge >= 0.3 is 6.09 Å². The first-order valence-electron chi connectivity index (χ1n) is 4.42. The van der Waals surface area contributed by atoms with Gasteiger partial charge in [0, 0.05) is 12.4 Å². The van der Waals surface area contributed by atoms with Crippen molar-refractivity contribution in [2.45, 2.75) is 0 Å². The minimum Gasteiger partial charge on any atom is -0.497 e. The van der Waals surface area contributed by atoms with Gasteiger partial charge in [-0.1, -0.05) is 0 Å². The van der Waals surface area contributed by atoms with E-state index in [2.05, 4.69) is 5.32 Å². The second-order valence-corrected chi connectivity index (χ2v) is 3.06. The fourth-order valence-corrected chi connectivity index (χ4v) is 1.03. The van der Waals surface area contributed by atoms with Gasteiger partial charge in [-0.15, -0.1) is 11.6 Å². The molecule has 0 fully saturated rings. The van der Waals surface area contributed by atoms with Gasteiger partial charge in [0.25, 0.3) is 0 Å². The molecule has 0 unspecified atom stereocenters. The van der Waals surface area contributed by atoms with E-state index in [0.29, 0.717) is 23.9 Å². The van der Waals surface area contributed by atoms with Crippen molar-refractivity contribution >= 4 is 17.7 Å². The first-order chi connectivity index (χ1) is 7.26. The van der Waals surface area contributed by atoms with Gasteiger partial charge in [0.2, 0.25) is 0 Å². The molecule has 0 aliphatic carbocycles. The molecule has 1 N–H and O–H groups in total. The SMILES string of the molecule is COc1ccc(OC(=O)NCCCl)cc1. The number of benzene rings is 1. The van der Waals surface area contributed by atoms with E-state index < -0.39 is 6.09 Å². The third-order valence-corrected chi connectivity index (χ3v) is 1.82. The van der Waals surface area contributed by atoms with E-state index in [1.807, 2.05) is 0 Å². The van der Waals surface area contributed by atoms with Crippen molar-refractivity contribution in [2.75, 3.05) is 19.5 Å². The Kier molecular flexibility index (Phi) is 4.77. The van der Waals surface area contributed by atoms with Crippen molar-refractivity contribution < 1.29 is 14.3 Å². The summed E-state index contributed by atoms with van der Waals surface area (Å²) in [5, 5.41) is 2.49. The van der Waals surface area contributed by atoms with Crippen molar-refractivity contribution in [3.63, 3.8) is 0 Å². The molecule has 15 heavy (non-hydrogen) atoms. The predicted octanol–water partition coefficient (Wildman–Crippen LogP) is 2.02. The van der Waals surface area contributed by atoms with Crippen LogP contribution in [0.1, 0.15) is 0 Å². The Bertz CT molecular complexity index is 313. The lowest BCUT2D eigenvalue weighted by Crippen LogP contribution is -2.28. The quantitative estimate of drug-likeness (QED) is 0.804. The predicted molar refractivity (Wildman–Crippen MR) is 57.7 cm³/mol. The molecular formula is C10H12ClNO3. The zero-order valence-corrected chi connectivity index (χ0v) is 9.08. The summed E-state index contributed by atoms with van der Waals surface area (Å²) in [4.78, 5) is 11.1. The number of ether oxygens (including phenoxy) is 2. The van der Waals surface area contributed by atoms with E-state index in [9.17, 15) is 4.79 Å². The molecule has 4 nitrogen and oxygen atoms in total. The summed E-state index contributed by atoms with van der Waals surface area (Å²) >= 11 is 5.40. The number of halogens is 1. The van der Waals surface area contributed by atoms with Crippen LogP contribution in [0.15, 0.2) is 24.3 Å². The number of rotatable bonds is 4. The second kappa shape index (κ2) is 6.14. The number of hydrogen-bond donors (Lipinski definition) is 1. The Hall–Kier alpha value is -1.42. The van der Waals surface area contributed by atoms with Crippen LogP contribution in [-0.4, -0.2) is 25.6 Å². The highest BCUT2D eigenvalue weighted by molar-refractivity contribution is 6.18. The zero-order valence-electron chi connectivity index (χ0n) is 8.33. The first-order valence-corrected chi connectivity index (χ1v) is 4.95. The van der Waals surface area contributed by atoms with Gasteiger partial charge < -0.3 is 14.8 Å². The highest BCUT2D eigenvalue weighted by Crippen LogP contribution is 2.16. The van der Waals surface area contributed by atoms with Crippen LogP contribution in [0.25, 0.3) is 0 Å². The summed E-state index contributed by atoms with van der Waals surface area (Å²) in [6.45, 7) is 0.385. The van der Waals surface area contributed by atoms with Gasteiger partial charge in [-0.3, -0.25) is 0 Å². The zero-order chi connectivity index (χ0) is 11.1. The van der Waals surface area contributed by atoms with Crippen molar-refractivity contribution in [3.05, 3.63) is 24.3 Å². The van der Waals surface area contributed by atoms with Crippen LogP contribution in [0, 0.1) is 0 Å². The fraction of sp³-hybridized carbons (Fsp3) is 0.300. The van der Waals surface area contributed by atoms with Gasteiger partial charge in [0.1, 0.15) is 11.5 Å². The largest absolute Gasteiger partial charge is 0.497 e. The van der Waals surface area contributed by atoms with Gasteiger partial charge in [0.05, 0.1) is 7.11 Å². The van der Waals surface area contributed by atoms with E-state index in [0.717, 1.165) is 0 Å². The van der Waals surface area contributed by atoms with E-state index in [-0.39, 0.29) is 0 Å². The molecule has 0 bridgehead atoms. The minimum absolute atomic E-state index is 0.359. The van der Waals surface area contributed by atoms with Crippen LogP contribution in [0.2, 0.25) is 0 Å². The van der Waals surface area contributed by atoms with Crippen molar-refractivity contribution in [3.8, 4) is 11.5 Å². The lowest BCUT2D eigenvalue weighted by Gasteiger charge is -2.05. The molecule has 0 saturated heterocycles. The Labute approximate surface area is 93.1 Å². The number of nitrogens with one attached hydrogen (secondary N) is 1. The van der Waals surface area contributed by atoms with Crippen LogP contribution >= 0.6 is 11.6 Å². The number of amides is 1. The Balaban J connectivity index is 2.46. The lowest BCUT2D eigenvalue weighted by atomic mass is 10.3. The molecule has 1 rings (SSSR count). The highest BCUT2D eigenvalue weighted by atomic mass is 35.5. The van der Waals surface area contributed by atoms with Gasteiger partial charge in [0.15, 0.2) is 0 Å². The molecular weight excluding hydrogens is 218 g/mol. The summed E-state index contributed by atoms with van der Waals surface area (Å²) in [5.74, 6) is 1.53. The highest BCUT2D eigenvalue weighted by Gasteiger charge is 2.02. The maximum absolute atomic E-state index is 11.1. The monoisotopic (exact) mass is 229 g/mol. The molecule has 0 atom stereocenters. The minimum atomic E-state index is -0.513. The van der Waals surface area contributed by atoms with E-state index in [4.69, 9.17) is 21.1 Å². The molecule has 82 valence electrons. The average Bonchev–Trinajstić information content (AvgIpc) is 2.27. The van der Waals surface area contributed by atoms with Crippen LogP contribution in [0.5, 0.6) is 11.5 Å². The molecule has 1 amide bonds. The van der Waals surface area contributed by atoms with Crippen LogP contribution < -0.4 is 14.8 Å². The molecule has 1 aromatic rings. The number of carbonyl (C=O) groups is 1. The van der Waals surface area contributed by atoms with Crippen molar-refractivity contribution in [2.24, 2.45) is 0 Å². The van der Waals surface area contributed by atoms with Crippen LogP contribution in [0.3, 0.4) is 0 Å². The topological polar surface area (TPSA) is 47.6 Å². The number of hydrogen-bond acceptors (Lipinski definition) is 3. The third kappa shape index (κ3) is 4.08. The van der Waals surface area contributed by atoms with Crippen LogP contribution in [0.4, 0.5) is 4.79 Å². The van der Waals surface area contributed by atoms with E-state index >= 15 is 0 Å². The summed E-state index contributed by atoms with van der Waals surface area (Å²) < 4.78 is 9.92. The fourth-order valence-electron chi connectivity index (χ4n) is 0.936. The van der Waals surface area contributed by atoms with Crippen molar-refractivity contribution in [1.29, 1.82) is 0 Å². The van der Waals surface area contributed by atoms with Crippen LogP contribution in [-0.2, 0) is 0 Å². The first kappa shape index (κ1) is 11.7. The third-order valence-electron chi connectivity index (χ3n) is 1.63.